The van der Waals surface area contributed by atoms with E-state index in [1.807, 2.05) is 54.6 Å². The van der Waals surface area contributed by atoms with Crippen LogP contribution < -0.4 is 14.2 Å². The number of methoxy groups -OCH3 is 2. The summed E-state index contributed by atoms with van der Waals surface area (Å²) in [4.78, 5) is 0. The first-order valence-electron chi connectivity index (χ1n) is 7.45. The van der Waals surface area contributed by atoms with Crippen LogP contribution in [0.3, 0.4) is 0 Å². The number of alkyl halides is 1. The molecule has 0 aliphatic heterocycles. The van der Waals surface area contributed by atoms with Gasteiger partial charge in [0.1, 0.15) is 17.2 Å². The van der Waals surface area contributed by atoms with Crippen molar-refractivity contribution in [3.63, 3.8) is 0 Å². The predicted octanol–water partition coefficient (Wildman–Crippen LogP) is 4.61. The first-order chi connectivity index (χ1) is 11.2. The lowest BCUT2D eigenvalue weighted by Crippen LogP contribution is -1.97. The van der Waals surface area contributed by atoms with Crippen LogP contribution in [0.25, 0.3) is 12.2 Å². The van der Waals surface area contributed by atoms with Gasteiger partial charge in [-0.3, -0.25) is 4.39 Å². The van der Waals surface area contributed by atoms with E-state index in [9.17, 15) is 4.39 Å². The van der Waals surface area contributed by atoms with Crippen molar-refractivity contribution in [2.24, 2.45) is 0 Å². The van der Waals surface area contributed by atoms with Gasteiger partial charge in [0.05, 0.1) is 27.5 Å². The molecule has 4 heteroatoms. The summed E-state index contributed by atoms with van der Waals surface area (Å²) in [7, 11) is 3.26. The second-order valence-corrected chi connectivity index (χ2v) is 4.94. The van der Waals surface area contributed by atoms with E-state index in [-0.39, 0.29) is 6.67 Å². The lowest BCUT2D eigenvalue weighted by molar-refractivity contribution is 0.289. The molecule has 3 nitrogen and oxygen atoms in total. The molecule has 0 N–H and O–H groups in total. The number of hydrogen-bond donors (Lipinski definition) is 0. The fourth-order valence-electron chi connectivity index (χ4n) is 2.04. The molecule has 0 bridgehead atoms. The Morgan fingerprint density at radius 1 is 0.826 bits per heavy atom. The molecule has 0 atom stereocenters. The van der Waals surface area contributed by atoms with E-state index >= 15 is 0 Å². The van der Waals surface area contributed by atoms with Gasteiger partial charge < -0.3 is 14.2 Å². The normalized spacial score (nSPS) is 10.7. The van der Waals surface area contributed by atoms with Gasteiger partial charge in [-0.15, -0.1) is 0 Å². The predicted molar refractivity (Wildman–Crippen MR) is 91.0 cm³/mol. The van der Waals surface area contributed by atoms with Crippen LogP contribution in [-0.2, 0) is 0 Å². The molecule has 0 aliphatic carbocycles. The van der Waals surface area contributed by atoms with Gasteiger partial charge in [-0.05, 0) is 35.4 Å². The highest BCUT2D eigenvalue weighted by Crippen LogP contribution is 2.24. The third kappa shape index (κ3) is 5.33. The van der Waals surface area contributed by atoms with Crippen LogP contribution in [-0.4, -0.2) is 27.5 Å². The molecule has 0 saturated heterocycles. The molecular formula is C19H21FO3. The van der Waals surface area contributed by atoms with E-state index in [0.717, 1.165) is 28.4 Å². The second kappa shape index (κ2) is 8.83. The van der Waals surface area contributed by atoms with E-state index in [1.54, 1.807) is 14.2 Å². The Bertz CT molecular complexity index is 613. The zero-order valence-corrected chi connectivity index (χ0v) is 13.4. The molecule has 0 heterocycles. The highest BCUT2D eigenvalue weighted by Gasteiger charge is 1.99. The van der Waals surface area contributed by atoms with Gasteiger partial charge in [-0.25, -0.2) is 0 Å². The first kappa shape index (κ1) is 16.9. The van der Waals surface area contributed by atoms with Gasteiger partial charge in [-0.2, -0.15) is 0 Å². The van der Waals surface area contributed by atoms with E-state index in [1.165, 1.54) is 0 Å². The maximum atomic E-state index is 12.0. The molecule has 0 unspecified atom stereocenters. The molecule has 0 radical (unpaired) electrons. The van der Waals surface area contributed by atoms with Crippen molar-refractivity contribution in [3.05, 3.63) is 53.6 Å². The maximum absolute atomic E-state index is 12.0. The van der Waals surface area contributed by atoms with E-state index in [2.05, 4.69) is 0 Å². The van der Waals surface area contributed by atoms with Crippen LogP contribution in [0.15, 0.2) is 42.5 Å². The molecule has 2 rings (SSSR count). The third-order valence-electron chi connectivity index (χ3n) is 3.27. The fraction of sp³-hybridized carbons (Fsp3) is 0.263. The van der Waals surface area contributed by atoms with Crippen LogP contribution in [0.5, 0.6) is 17.2 Å². The Balaban J connectivity index is 2.05. The molecule has 23 heavy (non-hydrogen) atoms. The number of hydrogen-bond acceptors (Lipinski definition) is 3. The average molecular weight is 315 g/mol. The molecule has 2 aromatic rings. The quantitative estimate of drug-likeness (QED) is 0.526. The van der Waals surface area contributed by atoms with Gasteiger partial charge in [-0.1, -0.05) is 24.3 Å². The molecule has 0 saturated carbocycles. The van der Waals surface area contributed by atoms with Gasteiger partial charge in [0, 0.05) is 12.5 Å². The van der Waals surface area contributed by atoms with Crippen LogP contribution in [0.1, 0.15) is 17.5 Å². The minimum atomic E-state index is -0.356. The zero-order valence-electron chi connectivity index (χ0n) is 13.4. The van der Waals surface area contributed by atoms with Gasteiger partial charge >= 0.3 is 0 Å². The number of rotatable bonds is 8. The summed E-state index contributed by atoms with van der Waals surface area (Å²) in [5.41, 5.74) is 2.04. The number of benzene rings is 2. The summed E-state index contributed by atoms with van der Waals surface area (Å²) < 4.78 is 28.0. The second-order valence-electron chi connectivity index (χ2n) is 4.94. The summed E-state index contributed by atoms with van der Waals surface area (Å²) in [5, 5.41) is 0. The van der Waals surface area contributed by atoms with Crippen molar-refractivity contribution in [2.75, 3.05) is 27.5 Å². The van der Waals surface area contributed by atoms with Crippen LogP contribution in [0.2, 0.25) is 0 Å². The van der Waals surface area contributed by atoms with Crippen molar-refractivity contribution in [1.29, 1.82) is 0 Å². The van der Waals surface area contributed by atoms with Crippen molar-refractivity contribution >= 4 is 12.2 Å². The number of halogens is 1. The molecule has 0 fully saturated rings. The maximum Gasteiger partial charge on any atom is 0.123 e. The van der Waals surface area contributed by atoms with E-state index in [4.69, 9.17) is 14.2 Å². The molecule has 0 aliphatic rings. The minimum absolute atomic E-state index is 0.356. The molecule has 122 valence electrons. The average Bonchev–Trinajstić information content (AvgIpc) is 2.61. The molecular weight excluding hydrogens is 294 g/mol. The smallest absolute Gasteiger partial charge is 0.123 e. The van der Waals surface area contributed by atoms with E-state index in [0.29, 0.717) is 13.0 Å². The van der Waals surface area contributed by atoms with Gasteiger partial charge in [0.25, 0.3) is 0 Å². The molecule has 2 aromatic carbocycles. The highest BCUT2D eigenvalue weighted by molar-refractivity contribution is 5.71. The standard InChI is InChI=1S/C19H21FO3/c1-21-18-12-16(13-19(14-18)22-2)5-4-15-6-8-17(9-7-15)23-11-3-10-20/h4-9,12-14H,3,10-11H2,1-2H3/b5-4+/i20-1. The SMILES string of the molecule is COc1cc(/C=C/c2ccc(OCCC[18F])cc2)cc(OC)c1. The molecule has 0 amide bonds. The summed E-state index contributed by atoms with van der Waals surface area (Å²) in [6.07, 6.45) is 4.41. The van der Waals surface area contributed by atoms with Crippen LogP contribution in [0.4, 0.5) is 4.39 Å². The van der Waals surface area contributed by atoms with Gasteiger partial charge in [0.15, 0.2) is 0 Å². The van der Waals surface area contributed by atoms with Crippen LogP contribution >= 0.6 is 0 Å². The Morgan fingerprint density at radius 2 is 1.43 bits per heavy atom. The third-order valence-corrected chi connectivity index (χ3v) is 3.27. The van der Waals surface area contributed by atoms with Crippen molar-refractivity contribution in [3.8, 4) is 17.2 Å². The summed E-state index contributed by atoms with van der Waals surface area (Å²) >= 11 is 0. The number of ether oxygens (including phenoxy) is 3. The van der Waals surface area contributed by atoms with Crippen molar-refractivity contribution < 1.29 is 18.6 Å². The first-order valence-corrected chi connectivity index (χ1v) is 7.45. The highest BCUT2D eigenvalue weighted by atomic mass is 18.2. The summed E-state index contributed by atoms with van der Waals surface area (Å²) in [6.45, 7) is 0.0418. The minimum Gasteiger partial charge on any atom is -0.497 e. The Labute approximate surface area is 136 Å². The Morgan fingerprint density at radius 3 is 2.00 bits per heavy atom. The Kier molecular flexibility index (Phi) is 6.48. The van der Waals surface area contributed by atoms with Crippen LogP contribution in [0, 0.1) is 0 Å². The van der Waals surface area contributed by atoms with E-state index < -0.39 is 0 Å². The zero-order chi connectivity index (χ0) is 16.5. The lowest BCUT2D eigenvalue weighted by Gasteiger charge is -2.06. The Hall–Kier alpha value is -2.49. The topological polar surface area (TPSA) is 27.7 Å². The van der Waals surface area contributed by atoms with Gasteiger partial charge in [0.2, 0.25) is 0 Å². The lowest BCUT2D eigenvalue weighted by atomic mass is 10.1. The molecule has 0 spiro atoms. The van der Waals surface area contributed by atoms with Crippen molar-refractivity contribution in [2.45, 2.75) is 6.42 Å². The molecule has 0 aromatic heterocycles. The fourth-order valence-corrected chi connectivity index (χ4v) is 2.04. The summed E-state index contributed by atoms with van der Waals surface area (Å²) in [6, 6.07) is 13.4. The van der Waals surface area contributed by atoms with Crippen molar-refractivity contribution in [1.82, 2.24) is 0 Å². The summed E-state index contributed by atoms with van der Waals surface area (Å²) in [5.74, 6) is 2.25. The monoisotopic (exact) mass is 315 g/mol. The largest absolute Gasteiger partial charge is 0.497 e.